The molecule has 2 heterocycles. The van der Waals surface area contributed by atoms with Crippen LogP contribution in [0.5, 0.6) is 0 Å². The number of aromatic nitrogens is 2. The van der Waals surface area contributed by atoms with Crippen LogP contribution in [0.4, 0.5) is 0 Å². The lowest BCUT2D eigenvalue weighted by Gasteiger charge is -2.01. The van der Waals surface area contributed by atoms with Gasteiger partial charge in [-0.2, -0.15) is 0 Å². The van der Waals surface area contributed by atoms with Crippen molar-refractivity contribution in [3.05, 3.63) is 72.1 Å². The molecular formula is C22H20N2O6. The van der Waals surface area contributed by atoms with Crippen LogP contribution in [-0.4, -0.2) is 49.1 Å². The number of fused-ring (bicyclic) bond motifs is 2. The number of nitrogens with one attached hydrogen (secondary N) is 2. The Labute approximate surface area is 170 Å². The van der Waals surface area contributed by atoms with Gasteiger partial charge >= 0.3 is 11.9 Å². The number of aliphatic hydroxyl groups excluding tert-OH is 1. The lowest BCUT2D eigenvalue weighted by molar-refractivity contribution is -0.148. The van der Waals surface area contributed by atoms with E-state index in [1.807, 2.05) is 54.6 Å². The van der Waals surface area contributed by atoms with E-state index in [1.165, 1.54) is 0 Å². The highest BCUT2D eigenvalue weighted by Gasteiger charge is 2.15. The minimum atomic E-state index is -1.39. The highest BCUT2D eigenvalue weighted by atomic mass is 16.4. The highest BCUT2D eigenvalue weighted by Crippen LogP contribution is 2.16. The molecule has 0 saturated heterocycles. The fraction of sp³-hybridized carbons (Fsp3) is 0.136. The van der Waals surface area contributed by atoms with Gasteiger partial charge in [-0.25, -0.2) is 9.59 Å². The number of ketones is 1. The van der Waals surface area contributed by atoms with Crippen molar-refractivity contribution in [2.24, 2.45) is 0 Å². The Morgan fingerprint density at radius 3 is 1.80 bits per heavy atom. The molecule has 4 rings (SSSR count). The standard InChI is InChI=1S/C11H11NO3.C11H9NO3/c2*13-10(11(14)15)6-8-5-7-3-1-2-4-9(7)12-8/h1-5,10,12-13H,6H2,(H,14,15);1-5,12H,6H2,(H,14,15). The Balaban J connectivity index is 0.000000171. The van der Waals surface area contributed by atoms with Crippen LogP contribution in [0.3, 0.4) is 0 Å². The van der Waals surface area contributed by atoms with Crippen LogP contribution < -0.4 is 0 Å². The van der Waals surface area contributed by atoms with Crippen LogP contribution in [-0.2, 0) is 27.2 Å². The van der Waals surface area contributed by atoms with Crippen molar-refractivity contribution in [1.29, 1.82) is 0 Å². The number of rotatable bonds is 6. The van der Waals surface area contributed by atoms with E-state index in [9.17, 15) is 19.5 Å². The van der Waals surface area contributed by atoms with Crippen LogP contribution in [0.1, 0.15) is 11.4 Å². The molecule has 0 radical (unpaired) electrons. The molecule has 0 bridgehead atoms. The zero-order chi connectivity index (χ0) is 21.7. The molecule has 0 aliphatic carbocycles. The molecule has 0 saturated carbocycles. The summed E-state index contributed by atoms with van der Waals surface area (Å²) in [4.78, 5) is 37.8. The van der Waals surface area contributed by atoms with Gasteiger partial charge in [0, 0.05) is 28.8 Å². The zero-order valence-electron chi connectivity index (χ0n) is 15.8. The first kappa shape index (κ1) is 20.8. The van der Waals surface area contributed by atoms with E-state index < -0.39 is 23.8 Å². The average Bonchev–Trinajstić information content (AvgIpc) is 3.30. The van der Waals surface area contributed by atoms with E-state index in [2.05, 4.69) is 9.97 Å². The minimum Gasteiger partial charge on any atom is -0.479 e. The molecule has 8 nitrogen and oxygen atoms in total. The van der Waals surface area contributed by atoms with Gasteiger partial charge in [0.05, 0.1) is 6.42 Å². The van der Waals surface area contributed by atoms with Crippen molar-refractivity contribution in [2.45, 2.75) is 18.9 Å². The van der Waals surface area contributed by atoms with Gasteiger partial charge in [0.25, 0.3) is 0 Å². The molecule has 154 valence electrons. The number of benzene rings is 2. The molecule has 0 spiro atoms. The topological polar surface area (TPSA) is 143 Å². The third-order valence-electron chi connectivity index (χ3n) is 4.46. The number of hydrogen-bond donors (Lipinski definition) is 5. The van der Waals surface area contributed by atoms with Gasteiger partial charge in [-0.1, -0.05) is 36.4 Å². The second-order valence-corrected chi connectivity index (χ2v) is 6.73. The van der Waals surface area contributed by atoms with Gasteiger partial charge in [-0.05, 0) is 35.0 Å². The van der Waals surface area contributed by atoms with E-state index in [0.717, 1.165) is 27.5 Å². The van der Waals surface area contributed by atoms with Gasteiger partial charge in [0.2, 0.25) is 5.78 Å². The van der Waals surface area contributed by atoms with Gasteiger partial charge in [-0.15, -0.1) is 0 Å². The van der Waals surface area contributed by atoms with Gasteiger partial charge in [-0.3, -0.25) is 4.79 Å². The first-order valence-electron chi connectivity index (χ1n) is 9.13. The number of carbonyl (C=O) groups is 3. The molecule has 0 fully saturated rings. The third kappa shape index (κ3) is 5.12. The molecule has 2 aromatic carbocycles. The van der Waals surface area contributed by atoms with Crippen molar-refractivity contribution >= 4 is 39.5 Å². The molecule has 1 atom stereocenters. The van der Waals surface area contributed by atoms with E-state index in [0.29, 0.717) is 5.69 Å². The summed E-state index contributed by atoms with van der Waals surface area (Å²) in [5, 5.41) is 28.2. The maximum atomic E-state index is 11.0. The lowest BCUT2D eigenvalue weighted by atomic mass is 10.2. The fourth-order valence-corrected chi connectivity index (χ4v) is 3.02. The predicted molar refractivity (Wildman–Crippen MR) is 110 cm³/mol. The normalized spacial score (nSPS) is 11.6. The number of aliphatic hydroxyl groups is 1. The molecular weight excluding hydrogens is 388 g/mol. The van der Waals surface area contributed by atoms with E-state index in [1.54, 1.807) is 6.07 Å². The SMILES string of the molecule is O=C(O)C(=O)Cc1cc2ccccc2[nH]1.O=C(O)C(O)Cc1cc2ccccc2[nH]1. The van der Waals surface area contributed by atoms with Crippen molar-refractivity contribution in [1.82, 2.24) is 9.97 Å². The smallest absolute Gasteiger partial charge is 0.372 e. The summed E-state index contributed by atoms with van der Waals surface area (Å²) in [6, 6.07) is 18.8. The van der Waals surface area contributed by atoms with Crippen molar-refractivity contribution in [2.75, 3.05) is 0 Å². The minimum absolute atomic E-state index is 0.0932. The van der Waals surface area contributed by atoms with Crippen LogP contribution in [0, 0.1) is 0 Å². The summed E-state index contributed by atoms with van der Waals surface area (Å²) in [7, 11) is 0. The molecule has 0 aliphatic heterocycles. The first-order chi connectivity index (χ1) is 14.3. The van der Waals surface area contributed by atoms with Gasteiger partial charge in [0.15, 0.2) is 6.10 Å². The van der Waals surface area contributed by atoms with Gasteiger partial charge in [0.1, 0.15) is 0 Å². The maximum Gasteiger partial charge on any atom is 0.372 e. The molecule has 5 N–H and O–H groups in total. The molecule has 30 heavy (non-hydrogen) atoms. The number of aliphatic carboxylic acids is 2. The Hall–Kier alpha value is -3.91. The van der Waals surface area contributed by atoms with Gasteiger partial charge < -0.3 is 25.3 Å². The summed E-state index contributed by atoms with van der Waals surface area (Å²) < 4.78 is 0. The third-order valence-corrected chi connectivity index (χ3v) is 4.46. The highest BCUT2D eigenvalue weighted by molar-refractivity contribution is 6.33. The summed E-state index contributed by atoms with van der Waals surface area (Å²) in [6.07, 6.45) is -1.34. The summed E-state index contributed by atoms with van der Waals surface area (Å²) in [6.45, 7) is 0. The number of Topliss-reactive ketones (excluding diaryl/α,β-unsaturated/α-hetero) is 1. The lowest BCUT2D eigenvalue weighted by Crippen LogP contribution is -2.22. The monoisotopic (exact) mass is 408 g/mol. The van der Waals surface area contributed by atoms with Crippen molar-refractivity contribution in [3.63, 3.8) is 0 Å². The maximum absolute atomic E-state index is 11.0. The molecule has 8 heteroatoms. The zero-order valence-corrected chi connectivity index (χ0v) is 15.8. The first-order valence-corrected chi connectivity index (χ1v) is 9.13. The Bertz CT molecular complexity index is 1140. The molecule has 0 amide bonds. The predicted octanol–water partition coefficient (Wildman–Crippen LogP) is 2.52. The second-order valence-electron chi connectivity index (χ2n) is 6.73. The Morgan fingerprint density at radius 1 is 0.800 bits per heavy atom. The summed E-state index contributed by atoms with van der Waals surface area (Å²) >= 11 is 0. The largest absolute Gasteiger partial charge is 0.479 e. The van der Waals surface area contributed by atoms with Crippen LogP contribution in [0.2, 0.25) is 0 Å². The van der Waals surface area contributed by atoms with E-state index in [4.69, 9.17) is 10.2 Å². The number of H-pyrrole nitrogens is 2. The van der Waals surface area contributed by atoms with E-state index >= 15 is 0 Å². The number of carboxylic acid groups (broad SMARTS) is 2. The number of carboxylic acids is 2. The quantitative estimate of drug-likeness (QED) is 0.310. The number of aromatic amines is 2. The molecule has 2 aromatic heterocycles. The molecule has 1 unspecified atom stereocenters. The van der Waals surface area contributed by atoms with Crippen molar-refractivity contribution in [3.8, 4) is 0 Å². The summed E-state index contributed by atoms with van der Waals surface area (Å²) in [5.74, 6) is -3.40. The number of para-hydroxylation sites is 2. The average molecular weight is 408 g/mol. The van der Waals surface area contributed by atoms with Crippen LogP contribution in [0.15, 0.2) is 60.7 Å². The molecule has 0 aliphatic rings. The fourth-order valence-electron chi connectivity index (χ4n) is 3.02. The van der Waals surface area contributed by atoms with E-state index in [-0.39, 0.29) is 12.8 Å². The Kier molecular flexibility index (Phi) is 6.29. The number of carbonyl (C=O) groups excluding carboxylic acids is 1. The van der Waals surface area contributed by atoms with Crippen LogP contribution in [0.25, 0.3) is 21.8 Å². The van der Waals surface area contributed by atoms with Crippen LogP contribution >= 0.6 is 0 Å². The molecule has 4 aromatic rings. The number of hydrogen-bond acceptors (Lipinski definition) is 4. The Morgan fingerprint density at radius 2 is 1.30 bits per heavy atom. The van der Waals surface area contributed by atoms with Crippen molar-refractivity contribution < 1.29 is 29.7 Å². The summed E-state index contributed by atoms with van der Waals surface area (Å²) in [5.41, 5.74) is 3.21. The second kappa shape index (κ2) is 9.06.